The lowest BCUT2D eigenvalue weighted by atomic mass is 10.3. The zero-order valence-corrected chi connectivity index (χ0v) is 10.7. The van der Waals surface area contributed by atoms with Gasteiger partial charge in [-0.2, -0.15) is 0 Å². The summed E-state index contributed by atoms with van der Waals surface area (Å²) in [6, 6.07) is 6.61. The predicted molar refractivity (Wildman–Crippen MR) is 70.3 cm³/mol. The fourth-order valence-corrected chi connectivity index (χ4v) is 2.46. The number of nitrogens with zero attached hydrogens (tertiary/aromatic N) is 2. The van der Waals surface area contributed by atoms with Gasteiger partial charge in [0.05, 0.1) is 22.6 Å². The van der Waals surface area contributed by atoms with E-state index in [1.807, 2.05) is 18.2 Å². The Bertz CT molecular complexity index is 543. The van der Waals surface area contributed by atoms with Crippen molar-refractivity contribution >= 4 is 22.6 Å². The Morgan fingerprint density at radius 3 is 3.00 bits per heavy atom. The topological polar surface area (TPSA) is 29.9 Å². The lowest BCUT2D eigenvalue weighted by molar-refractivity contribution is 0.618. The molecule has 1 saturated carbocycles. The van der Waals surface area contributed by atoms with Gasteiger partial charge in [0.25, 0.3) is 0 Å². The average molecular weight is 250 g/mol. The Morgan fingerprint density at radius 1 is 1.47 bits per heavy atom. The van der Waals surface area contributed by atoms with Crippen molar-refractivity contribution in [3.05, 3.63) is 29.0 Å². The van der Waals surface area contributed by atoms with Crippen LogP contribution in [0.3, 0.4) is 0 Å². The number of imidazole rings is 1. The zero-order chi connectivity index (χ0) is 11.8. The van der Waals surface area contributed by atoms with Crippen LogP contribution < -0.4 is 5.32 Å². The van der Waals surface area contributed by atoms with Crippen LogP contribution in [0.15, 0.2) is 18.2 Å². The molecule has 0 amide bonds. The minimum Gasteiger partial charge on any atom is -0.326 e. The molecule has 4 heteroatoms. The largest absolute Gasteiger partial charge is 0.326 e. The first kappa shape index (κ1) is 11.1. The maximum atomic E-state index is 6.25. The van der Waals surface area contributed by atoms with E-state index in [1.165, 1.54) is 12.8 Å². The number of halogens is 1. The summed E-state index contributed by atoms with van der Waals surface area (Å²) in [7, 11) is 0. The summed E-state index contributed by atoms with van der Waals surface area (Å²) >= 11 is 6.25. The molecule has 0 bridgehead atoms. The van der Waals surface area contributed by atoms with Crippen LogP contribution in [0.4, 0.5) is 0 Å². The Balaban J connectivity index is 2.01. The van der Waals surface area contributed by atoms with Crippen molar-refractivity contribution in [2.75, 3.05) is 0 Å². The molecular formula is C13H16ClN3. The van der Waals surface area contributed by atoms with E-state index in [-0.39, 0.29) is 0 Å². The molecule has 1 aromatic carbocycles. The van der Waals surface area contributed by atoms with Crippen LogP contribution in [-0.2, 0) is 13.1 Å². The fraction of sp³-hybridized carbons (Fsp3) is 0.462. The van der Waals surface area contributed by atoms with Crippen LogP contribution in [-0.4, -0.2) is 15.6 Å². The molecule has 1 heterocycles. The van der Waals surface area contributed by atoms with E-state index in [0.717, 1.165) is 35.0 Å². The first-order chi connectivity index (χ1) is 8.29. The SMILES string of the molecule is CCn1c(CNC2CC2)nc2cccc(Cl)c21. The lowest BCUT2D eigenvalue weighted by Crippen LogP contribution is -2.18. The normalized spacial score (nSPS) is 15.6. The van der Waals surface area contributed by atoms with Crippen molar-refractivity contribution < 1.29 is 0 Å². The number of hydrogen-bond acceptors (Lipinski definition) is 2. The van der Waals surface area contributed by atoms with Crippen molar-refractivity contribution in [3.63, 3.8) is 0 Å². The van der Waals surface area contributed by atoms with Crippen molar-refractivity contribution in [1.29, 1.82) is 0 Å². The van der Waals surface area contributed by atoms with Gasteiger partial charge >= 0.3 is 0 Å². The summed E-state index contributed by atoms with van der Waals surface area (Å²) in [5, 5.41) is 4.29. The summed E-state index contributed by atoms with van der Waals surface area (Å²) in [5.41, 5.74) is 2.05. The third-order valence-electron chi connectivity index (χ3n) is 3.24. The van der Waals surface area contributed by atoms with Gasteiger partial charge in [-0.25, -0.2) is 4.98 Å². The molecule has 3 nitrogen and oxygen atoms in total. The van der Waals surface area contributed by atoms with Crippen LogP contribution in [0.5, 0.6) is 0 Å². The first-order valence-electron chi connectivity index (χ1n) is 6.16. The molecule has 0 atom stereocenters. The predicted octanol–water partition coefficient (Wildman–Crippen LogP) is 2.96. The number of aryl methyl sites for hydroxylation is 1. The van der Waals surface area contributed by atoms with Crippen molar-refractivity contribution in [2.24, 2.45) is 0 Å². The second-order valence-electron chi connectivity index (χ2n) is 4.54. The summed E-state index contributed by atoms with van der Waals surface area (Å²) in [6.45, 7) is 3.87. The molecule has 1 fully saturated rings. The van der Waals surface area contributed by atoms with Crippen molar-refractivity contribution in [2.45, 2.75) is 38.9 Å². The van der Waals surface area contributed by atoms with Crippen molar-refractivity contribution in [3.8, 4) is 0 Å². The van der Waals surface area contributed by atoms with Gasteiger partial charge in [0.2, 0.25) is 0 Å². The van der Waals surface area contributed by atoms with Gasteiger partial charge < -0.3 is 9.88 Å². The van der Waals surface area contributed by atoms with Crippen LogP contribution in [0.2, 0.25) is 5.02 Å². The molecule has 3 rings (SSSR count). The molecule has 0 unspecified atom stereocenters. The van der Waals surface area contributed by atoms with E-state index in [4.69, 9.17) is 11.6 Å². The molecule has 2 aromatic rings. The number of para-hydroxylation sites is 1. The molecule has 17 heavy (non-hydrogen) atoms. The molecule has 90 valence electrons. The maximum Gasteiger partial charge on any atom is 0.123 e. The average Bonchev–Trinajstić information content (AvgIpc) is 3.07. The molecule has 0 radical (unpaired) electrons. The summed E-state index contributed by atoms with van der Waals surface area (Å²) in [5.74, 6) is 1.09. The standard InChI is InChI=1S/C13H16ClN3/c1-2-17-12(8-15-9-6-7-9)16-11-5-3-4-10(14)13(11)17/h3-5,9,15H,2,6-8H2,1H3. The minimum atomic E-state index is 0.704. The zero-order valence-electron chi connectivity index (χ0n) is 9.91. The summed E-state index contributed by atoms with van der Waals surface area (Å²) < 4.78 is 2.20. The monoisotopic (exact) mass is 249 g/mol. The maximum absolute atomic E-state index is 6.25. The Kier molecular flexibility index (Phi) is 2.81. The van der Waals surface area contributed by atoms with Crippen LogP contribution >= 0.6 is 11.6 Å². The molecule has 0 spiro atoms. The molecular weight excluding hydrogens is 234 g/mol. The third kappa shape index (κ3) is 2.05. The second-order valence-corrected chi connectivity index (χ2v) is 4.94. The highest BCUT2D eigenvalue weighted by molar-refractivity contribution is 6.35. The van der Waals surface area contributed by atoms with Gasteiger partial charge in [-0.05, 0) is 31.9 Å². The van der Waals surface area contributed by atoms with Crippen LogP contribution in [0.1, 0.15) is 25.6 Å². The van der Waals surface area contributed by atoms with Gasteiger partial charge in [0.15, 0.2) is 0 Å². The van der Waals surface area contributed by atoms with Crippen LogP contribution in [0.25, 0.3) is 11.0 Å². The van der Waals surface area contributed by atoms with E-state index in [2.05, 4.69) is 21.8 Å². The van der Waals surface area contributed by atoms with Gasteiger partial charge in [-0.3, -0.25) is 0 Å². The van der Waals surface area contributed by atoms with Gasteiger partial charge in [-0.15, -0.1) is 0 Å². The minimum absolute atomic E-state index is 0.704. The number of aromatic nitrogens is 2. The highest BCUT2D eigenvalue weighted by Crippen LogP contribution is 2.25. The van der Waals surface area contributed by atoms with E-state index < -0.39 is 0 Å². The van der Waals surface area contributed by atoms with E-state index >= 15 is 0 Å². The quantitative estimate of drug-likeness (QED) is 0.903. The summed E-state index contributed by atoms with van der Waals surface area (Å²) in [4.78, 5) is 4.66. The molecule has 1 aliphatic rings. The van der Waals surface area contributed by atoms with Gasteiger partial charge in [-0.1, -0.05) is 17.7 Å². The van der Waals surface area contributed by atoms with E-state index in [0.29, 0.717) is 6.04 Å². The molecule has 1 N–H and O–H groups in total. The van der Waals surface area contributed by atoms with Gasteiger partial charge in [0, 0.05) is 12.6 Å². The Morgan fingerprint density at radius 2 is 2.29 bits per heavy atom. The highest BCUT2D eigenvalue weighted by Gasteiger charge is 2.21. The van der Waals surface area contributed by atoms with E-state index in [9.17, 15) is 0 Å². The van der Waals surface area contributed by atoms with Crippen molar-refractivity contribution in [1.82, 2.24) is 14.9 Å². The number of rotatable bonds is 4. The molecule has 0 saturated heterocycles. The van der Waals surface area contributed by atoms with Crippen LogP contribution in [0, 0.1) is 0 Å². The Labute approximate surface area is 106 Å². The number of hydrogen-bond donors (Lipinski definition) is 1. The summed E-state index contributed by atoms with van der Waals surface area (Å²) in [6.07, 6.45) is 2.60. The molecule has 1 aromatic heterocycles. The molecule has 1 aliphatic carbocycles. The number of benzene rings is 1. The second kappa shape index (κ2) is 4.31. The Hall–Kier alpha value is -1.06. The smallest absolute Gasteiger partial charge is 0.123 e. The highest BCUT2D eigenvalue weighted by atomic mass is 35.5. The molecule has 0 aliphatic heterocycles. The van der Waals surface area contributed by atoms with E-state index in [1.54, 1.807) is 0 Å². The van der Waals surface area contributed by atoms with Gasteiger partial charge in [0.1, 0.15) is 5.82 Å². The fourth-order valence-electron chi connectivity index (χ4n) is 2.19. The number of nitrogens with one attached hydrogen (secondary N) is 1. The number of fused-ring (bicyclic) bond motifs is 1. The lowest BCUT2D eigenvalue weighted by Gasteiger charge is -2.07. The third-order valence-corrected chi connectivity index (χ3v) is 3.54. The first-order valence-corrected chi connectivity index (χ1v) is 6.54.